The molecule has 0 radical (unpaired) electrons. The minimum absolute atomic E-state index is 0.116. The number of para-hydroxylation sites is 1. The van der Waals surface area contributed by atoms with Crippen molar-refractivity contribution >= 4 is 11.9 Å². The van der Waals surface area contributed by atoms with Gasteiger partial charge in [-0.05, 0) is 37.3 Å². The van der Waals surface area contributed by atoms with Crippen molar-refractivity contribution in [2.75, 3.05) is 13.1 Å². The number of carboxylic acids is 1. The third-order valence-electron chi connectivity index (χ3n) is 4.68. The highest BCUT2D eigenvalue weighted by Gasteiger charge is 2.30. The van der Waals surface area contributed by atoms with Crippen LogP contribution in [0.4, 0.5) is 4.39 Å². The van der Waals surface area contributed by atoms with Gasteiger partial charge in [0.1, 0.15) is 11.5 Å². The Bertz CT molecular complexity index is 860. The van der Waals surface area contributed by atoms with Gasteiger partial charge in [0.15, 0.2) is 5.69 Å². The Morgan fingerprint density at radius 1 is 1.30 bits per heavy atom. The van der Waals surface area contributed by atoms with E-state index in [9.17, 15) is 14.0 Å². The smallest absolute Gasteiger partial charge is 0.305 e. The SMILES string of the molecule is CC(C)CN(CCC(=O)O)C(=O)c1nn(-c2ccccc2F)c2c1CCC2. The van der Waals surface area contributed by atoms with Gasteiger partial charge >= 0.3 is 5.97 Å². The maximum atomic E-state index is 14.3. The van der Waals surface area contributed by atoms with Gasteiger partial charge < -0.3 is 10.0 Å². The Balaban J connectivity index is 1.98. The molecule has 0 saturated heterocycles. The van der Waals surface area contributed by atoms with E-state index in [1.165, 1.54) is 10.7 Å². The highest BCUT2D eigenvalue weighted by molar-refractivity contribution is 5.94. The van der Waals surface area contributed by atoms with Crippen LogP contribution >= 0.6 is 0 Å². The van der Waals surface area contributed by atoms with E-state index in [0.717, 1.165) is 30.5 Å². The van der Waals surface area contributed by atoms with Crippen LogP contribution in [0.15, 0.2) is 24.3 Å². The highest BCUT2D eigenvalue weighted by Crippen LogP contribution is 2.29. The van der Waals surface area contributed by atoms with Crippen molar-refractivity contribution in [1.82, 2.24) is 14.7 Å². The van der Waals surface area contributed by atoms with E-state index in [2.05, 4.69) is 5.10 Å². The largest absolute Gasteiger partial charge is 0.481 e. The fourth-order valence-corrected chi connectivity index (χ4v) is 3.53. The van der Waals surface area contributed by atoms with Crippen LogP contribution in [0, 0.1) is 11.7 Å². The van der Waals surface area contributed by atoms with Crippen molar-refractivity contribution in [3.8, 4) is 5.69 Å². The molecular weight excluding hydrogens is 349 g/mol. The number of rotatable bonds is 7. The number of carbonyl (C=O) groups is 2. The average Bonchev–Trinajstić information content (AvgIpc) is 3.21. The number of aromatic nitrogens is 2. The van der Waals surface area contributed by atoms with Gasteiger partial charge in [-0.15, -0.1) is 0 Å². The van der Waals surface area contributed by atoms with Gasteiger partial charge in [-0.2, -0.15) is 5.10 Å². The molecule has 0 fully saturated rings. The molecule has 3 rings (SSSR count). The van der Waals surface area contributed by atoms with Crippen molar-refractivity contribution in [3.63, 3.8) is 0 Å². The molecule has 27 heavy (non-hydrogen) atoms. The molecule has 6 nitrogen and oxygen atoms in total. The first-order valence-electron chi connectivity index (χ1n) is 9.25. The Kier molecular flexibility index (Phi) is 5.58. The van der Waals surface area contributed by atoms with E-state index in [4.69, 9.17) is 5.11 Å². The molecule has 0 spiro atoms. The van der Waals surface area contributed by atoms with Crippen LogP contribution in [0.2, 0.25) is 0 Å². The molecule has 7 heteroatoms. The van der Waals surface area contributed by atoms with Crippen molar-refractivity contribution in [2.45, 2.75) is 39.5 Å². The van der Waals surface area contributed by atoms with E-state index >= 15 is 0 Å². The predicted molar refractivity (Wildman–Crippen MR) is 98.5 cm³/mol. The summed E-state index contributed by atoms with van der Waals surface area (Å²) in [6.45, 7) is 4.54. The normalized spacial score (nSPS) is 13.0. The van der Waals surface area contributed by atoms with E-state index in [-0.39, 0.29) is 24.8 Å². The molecule has 1 N–H and O–H groups in total. The first kappa shape index (κ1) is 19.1. The van der Waals surface area contributed by atoms with Crippen molar-refractivity contribution in [1.29, 1.82) is 0 Å². The van der Waals surface area contributed by atoms with E-state index in [1.54, 1.807) is 23.1 Å². The lowest BCUT2D eigenvalue weighted by atomic mass is 10.1. The summed E-state index contributed by atoms with van der Waals surface area (Å²) in [5, 5.41) is 13.4. The summed E-state index contributed by atoms with van der Waals surface area (Å²) in [4.78, 5) is 25.7. The minimum atomic E-state index is -0.946. The number of hydrogen-bond donors (Lipinski definition) is 1. The molecule has 1 aliphatic carbocycles. The monoisotopic (exact) mass is 373 g/mol. The first-order chi connectivity index (χ1) is 12.9. The van der Waals surface area contributed by atoms with Crippen LogP contribution in [0.25, 0.3) is 5.69 Å². The van der Waals surface area contributed by atoms with Gasteiger partial charge in [0.05, 0.1) is 6.42 Å². The molecule has 0 aliphatic heterocycles. The second kappa shape index (κ2) is 7.90. The van der Waals surface area contributed by atoms with Gasteiger partial charge in [0, 0.05) is 24.3 Å². The van der Waals surface area contributed by atoms with Crippen LogP contribution in [0.5, 0.6) is 0 Å². The lowest BCUT2D eigenvalue weighted by molar-refractivity contribution is -0.137. The number of amides is 1. The quantitative estimate of drug-likeness (QED) is 0.809. The highest BCUT2D eigenvalue weighted by atomic mass is 19.1. The third kappa shape index (κ3) is 4.02. The van der Waals surface area contributed by atoms with Gasteiger partial charge in [-0.1, -0.05) is 26.0 Å². The maximum Gasteiger partial charge on any atom is 0.305 e. The average molecular weight is 373 g/mol. The number of benzene rings is 1. The van der Waals surface area contributed by atoms with E-state index in [0.29, 0.717) is 17.9 Å². The zero-order chi connectivity index (χ0) is 19.6. The Morgan fingerprint density at radius 3 is 2.70 bits per heavy atom. The molecule has 1 heterocycles. The lowest BCUT2D eigenvalue weighted by Gasteiger charge is -2.23. The number of nitrogens with zero attached hydrogens (tertiary/aromatic N) is 3. The lowest BCUT2D eigenvalue weighted by Crippen LogP contribution is -2.36. The Hall–Kier alpha value is -2.70. The number of fused-ring (bicyclic) bond motifs is 1. The Labute approximate surface area is 157 Å². The predicted octanol–water partition coefficient (Wildman–Crippen LogP) is 3.07. The van der Waals surface area contributed by atoms with Crippen LogP contribution in [0.3, 0.4) is 0 Å². The van der Waals surface area contributed by atoms with Crippen LogP contribution < -0.4 is 0 Å². The molecule has 1 amide bonds. The first-order valence-corrected chi connectivity index (χ1v) is 9.25. The van der Waals surface area contributed by atoms with Crippen LogP contribution in [-0.4, -0.2) is 44.8 Å². The number of carboxylic acid groups (broad SMARTS) is 1. The van der Waals surface area contributed by atoms with Crippen LogP contribution in [-0.2, 0) is 17.6 Å². The van der Waals surface area contributed by atoms with Crippen molar-refractivity contribution in [2.24, 2.45) is 5.92 Å². The van der Waals surface area contributed by atoms with E-state index < -0.39 is 11.8 Å². The molecule has 144 valence electrons. The van der Waals surface area contributed by atoms with Crippen molar-refractivity contribution < 1.29 is 19.1 Å². The molecule has 0 atom stereocenters. The summed E-state index contributed by atoms with van der Waals surface area (Å²) in [6, 6.07) is 6.37. The topological polar surface area (TPSA) is 75.4 Å². The Morgan fingerprint density at radius 2 is 2.04 bits per heavy atom. The fraction of sp³-hybridized carbons (Fsp3) is 0.450. The molecule has 2 aromatic rings. The number of halogens is 1. The number of hydrogen-bond acceptors (Lipinski definition) is 3. The van der Waals surface area contributed by atoms with Gasteiger partial charge in [-0.3, -0.25) is 9.59 Å². The number of carbonyl (C=O) groups excluding carboxylic acids is 1. The zero-order valence-electron chi connectivity index (χ0n) is 15.6. The summed E-state index contributed by atoms with van der Waals surface area (Å²) in [5.41, 5.74) is 2.37. The van der Waals surface area contributed by atoms with E-state index in [1.807, 2.05) is 13.8 Å². The standard InChI is InChI=1S/C20H24FN3O3/c1-13(2)12-23(11-10-18(25)26)20(27)19-14-6-5-9-16(14)24(22-19)17-8-4-3-7-15(17)21/h3-4,7-8,13H,5-6,9-12H2,1-2H3,(H,25,26). The summed E-state index contributed by atoms with van der Waals surface area (Å²) in [5.74, 6) is -1.42. The minimum Gasteiger partial charge on any atom is -0.481 e. The third-order valence-corrected chi connectivity index (χ3v) is 4.68. The summed E-state index contributed by atoms with van der Waals surface area (Å²) in [7, 11) is 0. The van der Waals surface area contributed by atoms with Gasteiger partial charge in [0.25, 0.3) is 5.91 Å². The van der Waals surface area contributed by atoms with Gasteiger partial charge in [-0.25, -0.2) is 9.07 Å². The second-order valence-corrected chi connectivity index (χ2v) is 7.28. The van der Waals surface area contributed by atoms with Crippen LogP contribution in [0.1, 0.15) is 48.4 Å². The zero-order valence-corrected chi connectivity index (χ0v) is 15.6. The van der Waals surface area contributed by atoms with Crippen molar-refractivity contribution in [3.05, 3.63) is 47.0 Å². The molecule has 0 saturated carbocycles. The molecular formula is C20H24FN3O3. The summed E-state index contributed by atoms with van der Waals surface area (Å²) in [6.07, 6.45) is 2.23. The second-order valence-electron chi connectivity index (χ2n) is 7.28. The number of aliphatic carboxylic acids is 1. The summed E-state index contributed by atoms with van der Waals surface area (Å²) < 4.78 is 15.8. The molecule has 0 bridgehead atoms. The molecule has 1 aromatic heterocycles. The molecule has 1 aliphatic rings. The maximum absolute atomic E-state index is 14.3. The summed E-state index contributed by atoms with van der Waals surface area (Å²) >= 11 is 0. The van der Waals surface area contributed by atoms with Gasteiger partial charge in [0.2, 0.25) is 0 Å². The fourth-order valence-electron chi connectivity index (χ4n) is 3.53. The molecule has 1 aromatic carbocycles. The molecule has 0 unspecified atom stereocenters.